The van der Waals surface area contributed by atoms with Gasteiger partial charge < -0.3 is 21.3 Å². The van der Waals surface area contributed by atoms with Crippen molar-refractivity contribution in [3.8, 4) is 0 Å². The van der Waals surface area contributed by atoms with E-state index in [1.54, 1.807) is 0 Å². The normalized spacial score (nSPS) is 41.1. The zero-order chi connectivity index (χ0) is 10.0. The molecule has 1 aliphatic heterocycles. The summed E-state index contributed by atoms with van der Waals surface area (Å²) in [7, 11) is 0. The summed E-state index contributed by atoms with van der Waals surface area (Å²) in [6.07, 6.45) is -0.135. The topological polar surface area (TPSA) is 81.5 Å². The molecule has 1 saturated heterocycles. The molecule has 1 fully saturated rings. The van der Waals surface area contributed by atoms with Crippen molar-refractivity contribution >= 4 is 0 Å². The number of nitrogens with two attached hydrogens (primary N) is 2. The summed E-state index contributed by atoms with van der Waals surface area (Å²) in [5.74, 6) is 0.372. The van der Waals surface area contributed by atoms with Crippen LogP contribution in [0.5, 0.6) is 0 Å². The van der Waals surface area contributed by atoms with Crippen LogP contribution in [0.15, 0.2) is 0 Å². The lowest BCUT2D eigenvalue weighted by atomic mass is 9.90. The predicted molar refractivity (Wildman–Crippen MR) is 51.2 cm³/mol. The molecule has 13 heavy (non-hydrogen) atoms. The maximum absolute atomic E-state index is 9.55. The van der Waals surface area contributed by atoms with Crippen molar-refractivity contribution < 1.29 is 9.84 Å². The molecule has 0 radical (unpaired) electrons. The van der Waals surface area contributed by atoms with Gasteiger partial charge in [0.1, 0.15) is 0 Å². The fraction of sp³-hybridized carbons (Fsp3) is 1.00. The maximum Gasteiger partial charge on any atom is 0.0960 e. The van der Waals surface area contributed by atoms with Crippen molar-refractivity contribution in [3.63, 3.8) is 0 Å². The maximum atomic E-state index is 9.55. The second kappa shape index (κ2) is 4.37. The molecule has 1 rings (SSSR count). The van der Waals surface area contributed by atoms with Crippen LogP contribution in [0.1, 0.15) is 20.3 Å². The van der Waals surface area contributed by atoms with E-state index in [1.165, 1.54) is 0 Å². The minimum absolute atomic E-state index is 0.0250. The van der Waals surface area contributed by atoms with E-state index in [0.717, 1.165) is 0 Å². The minimum atomic E-state index is -0.505. The second-order valence-corrected chi connectivity index (χ2v) is 4.09. The van der Waals surface area contributed by atoms with Gasteiger partial charge in [-0.3, -0.25) is 0 Å². The van der Waals surface area contributed by atoms with Gasteiger partial charge in [-0.1, -0.05) is 13.8 Å². The molecule has 0 aromatic carbocycles. The van der Waals surface area contributed by atoms with Crippen molar-refractivity contribution in [2.75, 3.05) is 6.54 Å². The van der Waals surface area contributed by atoms with E-state index in [2.05, 4.69) is 13.8 Å². The Morgan fingerprint density at radius 1 is 1.54 bits per heavy atom. The summed E-state index contributed by atoms with van der Waals surface area (Å²) in [6.45, 7) is 4.49. The zero-order valence-electron chi connectivity index (χ0n) is 8.31. The molecule has 1 heterocycles. The van der Waals surface area contributed by atoms with Gasteiger partial charge in [-0.15, -0.1) is 0 Å². The Balaban J connectivity index is 2.58. The number of aliphatic hydroxyl groups excluding tert-OH is 1. The highest BCUT2D eigenvalue weighted by Gasteiger charge is 2.35. The number of ether oxygens (including phenoxy) is 1. The number of hydrogen-bond acceptors (Lipinski definition) is 4. The molecule has 4 atom stereocenters. The first kappa shape index (κ1) is 10.9. The predicted octanol–water partition coefficient (Wildman–Crippen LogP) is -0.553. The van der Waals surface area contributed by atoms with Crippen LogP contribution in [0.25, 0.3) is 0 Å². The zero-order valence-corrected chi connectivity index (χ0v) is 8.31. The molecule has 0 aromatic heterocycles. The highest BCUT2D eigenvalue weighted by molar-refractivity contribution is 4.88. The third kappa shape index (κ3) is 2.40. The Bertz CT molecular complexity index is 164. The lowest BCUT2D eigenvalue weighted by molar-refractivity contribution is -0.135. The molecule has 0 spiro atoms. The fourth-order valence-electron chi connectivity index (χ4n) is 1.82. The average molecular weight is 188 g/mol. The number of hydrogen-bond donors (Lipinski definition) is 3. The molecule has 4 nitrogen and oxygen atoms in total. The average Bonchev–Trinajstić information content (AvgIpc) is 2.03. The van der Waals surface area contributed by atoms with Gasteiger partial charge in [-0.05, 0) is 12.3 Å². The summed E-state index contributed by atoms with van der Waals surface area (Å²) < 4.78 is 5.62. The van der Waals surface area contributed by atoms with Crippen molar-refractivity contribution in [1.82, 2.24) is 0 Å². The van der Waals surface area contributed by atoms with Gasteiger partial charge >= 0.3 is 0 Å². The third-order valence-electron chi connectivity index (χ3n) is 2.59. The lowest BCUT2D eigenvalue weighted by Crippen LogP contribution is -2.54. The molecule has 4 heteroatoms. The molecule has 0 bridgehead atoms. The van der Waals surface area contributed by atoms with E-state index < -0.39 is 6.10 Å². The minimum Gasteiger partial charge on any atom is -0.390 e. The highest BCUT2D eigenvalue weighted by atomic mass is 16.5. The third-order valence-corrected chi connectivity index (χ3v) is 2.59. The van der Waals surface area contributed by atoms with E-state index >= 15 is 0 Å². The largest absolute Gasteiger partial charge is 0.390 e. The summed E-state index contributed by atoms with van der Waals surface area (Å²) in [4.78, 5) is 0. The summed E-state index contributed by atoms with van der Waals surface area (Å²) >= 11 is 0. The molecule has 0 saturated carbocycles. The van der Waals surface area contributed by atoms with Gasteiger partial charge in [-0.2, -0.15) is 0 Å². The van der Waals surface area contributed by atoms with Crippen LogP contribution in [0.2, 0.25) is 0 Å². The molecule has 0 aliphatic carbocycles. The monoisotopic (exact) mass is 188 g/mol. The first-order chi connectivity index (χ1) is 6.06. The van der Waals surface area contributed by atoms with Crippen molar-refractivity contribution in [1.29, 1.82) is 0 Å². The van der Waals surface area contributed by atoms with Crippen molar-refractivity contribution in [2.45, 2.75) is 44.6 Å². The van der Waals surface area contributed by atoms with E-state index in [1.807, 2.05) is 0 Å². The van der Waals surface area contributed by atoms with Gasteiger partial charge in [0.05, 0.1) is 18.3 Å². The first-order valence-corrected chi connectivity index (χ1v) is 4.85. The molecule has 1 aliphatic rings. The molecule has 0 aromatic rings. The Morgan fingerprint density at radius 2 is 2.15 bits per heavy atom. The van der Waals surface area contributed by atoms with Crippen LogP contribution >= 0.6 is 0 Å². The van der Waals surface area contributed by atoms with Gasteiger partial charge in [0, 0.05) is 12.6 Å². The van der Waals surface area contributed by atoms with Crippen LogP contribution in [0, 0.1) is 5.92 Å². The van der Waals surface area contributed by atoms with Crippen LogP contribution in [-0.4, -0.2) is 36.0 Å². The van der Waals surface area contributed by atoms with E-state index in [9.17, 15) is 5.11 Å². The van der Waals surface area contributed by atoms with Crippen LogP contribution in [-0.2, 0) is 4.74 Å². The van der Waals surface area contributed by atoms with Crippen LogP contribution in [0.4, 0.5) is 0 Å². The number of aliphatic hydroxyl groups is 1. The quantitative estimate of drug-likeness (QED) is 0.543. The smallest absolute Gasteiger partial charge is 0.0960 e. The number of rotatable bonds is 2. The highest BCUT2D eigenvalue weighted by Crippen LogP contribution is 2.23. The van der Waals surface area contributed by atoms with Crippen molar-refractivity contribution in [3.05, 3.63) is 0 Å². The van der Waals surface area contributed by atoms with E-state index in [0.29, 0.717) is 18.9 Å². The fourth-order valence-corrected chi connectivity index (χ4v) is 1.82. The molecule has 0 unspecified atom stereocenters. The Morgan fingerprint density at radius 3 is 2.62 bits per heavy atom. The van der Waals surface area contributed by atoms with E-state index in [-0.39, 0.29) is 18.2 Å². The van der Waals surface area contributed by atoms with Crippen LogP contribution < -0.4 is 11.5 Å². The molecule has 78 valence electrons. The van der Waals surface area contributed by atoms with Crippen LogP contribution in [0.3, 0.4) is 0 Å². The molecule has 0 amide bonds. The first-order valence-electron chi connectivity index (χ1n) is 4.85. The summed E-state index contributed by atoms with van der Waals surface area (Å²) in [5.41, 5.74) is 11.3. The molecular weight excluding hydrogens is 168 g/mol. The Labute approximate surface area is 79.2 Å². The van der Waals surface area contributed by atoms with Gasteiger partial charge in [0.25, 0.3) is 0 Å². The van der Waals surface area contributed by atoms with Crippen molar-refractivity contribution in [2.24, 2.45) is 17.4 Å². The summed E-state index contributed by atoms with van der Waals surface area (Å²) in [6, 6.07) is -0.0715. The van der Waals surface area contributed by atoms with E-state index in [4.69, 9.17) is 16.2 Å². The standard InChI is InChI=1S/C9H20N2O2/c1-5(2)9-6(11)3-7(12)8(4-10)13-9/h5-9,12H,3-4,10-11H2,1-2H3/t6-,7+,8-,9-/m1/s1. The van der Waals surface area contributed by atoms with Gasteiger partial charge in [-0.25, -0.2) is 0 Å². The second-order valence-electron chi connectivity index (χ2n) is 4.09. The SMILES string of the molecule is CC(C)[C@H]1O[C@H](CN)[C@@H](O)C[C@H]1N. The lowest BCUT2D eigenvalue weighted by Gasteiger charge is -2.39. The van der Waals surface area contributed by atoms with Gasteiger partial charge in [0.2, 0.25) is 0 Å². The summed E-state index contributed by atoms with van der Waals surface area (Å²) in [5, 5.41) is 9.55. The molecule has 5 N–H and O–H groups in total. The molecular formula is C9H20N2O2. The Hall–Kier alpha value is -0.160. The Kier molecular flexibility index (Phi) is 3.67. The van der Waals surface area contributed by atoms with Gasteiger partial charge in [0.15, 0.2) is 0 Å².